The van der Waals surface area contributed by atoms with E-state index in [4.69, 9.17) is 14.2 Å². The summed E-state index contributed by atoms with van der Waals surface area (Å²) in [6, 6.07) is 2.86. The molecular weight excluding hydrogens is 408 g/mol. The molecule has 1 saturated heterocycles. The number of hydrogen-bond acceptors (Lipinski definition) is 6. The van der Waals surface area contributed by atoms with E-state index in [-0.39, 0.29) is 25.5 Å². The molecule has 8 nitrogen and oxygen atoms in total. The number of ether oxygens (including phenoxy) is 3. The van der Waals surface area contributed by atoms with Gasteiger partial charge in [0, 0.05) is 6.54 Å². The van der Waals surface area contributed by atoms with E-state index in [2.05, 4.69) is 21.2 Å². The van der Waals surface area contributed by atoms with Gasteiger partial charge in [0.05, 0.1) is 18.2 Å². The molecule has 0 atom stereocenters. The van der Waals surface area contributed by atoms with Crippen molar-refractivity contribution in [2.24, 2.45) is 0 Å². The highest BCUT2D eigenvalue weighted by Crippen LogP contribution is 2.37. The van der Waals surface area contributed by atoms with Crippen molar-refractivity contribution < 1.29 is 28.6 Å². The molecule has 2 rings (SSSR count). The summed E-state index contributed by atoms with van der Waals surface area (Å²) in [4.78, 5) is 36.4. The summed E-state index contributed by atoms with van der Waals surface area (Å²) in [6.45, 7) is 3.72. The molecule has 1 aliphatic heterocycles. The van der Waals surface area contributed by atoms with Crippen molar-refractivity contribution in [3.63, 3.8) is 0 Å². The molecule has 0 aromatic heterocycles. The molecule has 0 bridgehead atoms. The molecule has 1 fully saturated rings. The summed E-state index contributed by atoms with van der Waals surface area (Å²) in [5.74, 6) is -0.193. The number of benzene rings is 1. The fourth-order valence-corrected chi connectivity index (χ4v) is 2.90. The van der Waals surface area contributed by atoms with Crippen molar-refractivity contribution in [2.45, 2.75) is 13.8 Å². The molecule has 0 aliphatic carbocycles. The fraction of sp³-hybridized carbons (Fsp3) is 0.353. The van der Waals surface area contributed by atoms with Gasteiger partial charge in [-0.1, -0.05) is 0 Å². The molecule has 1 aliphatic rings. The Morgan fingerprint density at radius 3 is 2.62 bits per heavy atom. The Bertz CT molecular complexity index is 762. The Balaban J connectivity index is 2.26. The number of nitrogens with zero attached hydrogens (tertiary/aromatic N) is 1. The van der Waals surface area contributed by atoms with Crippen LogP contribution in [0.15, 0.2) is 22.3 Å². The van der Waals surface area contributed by atoms with Crippen LogP contribution in [0, 0.1) is 0 Å². The van der Waals surface area contributed by atoms with Crippen molar-refractivity contribution >= 4 is 39.9 Å². The second-order valence-corrected chi connectivity index (χ2v) is 6.02. The predicted molar refractivity (Wildman–Crippen MR) is 96.7 cm³/mol. The van der Waals surface area contributed by atoms with Gasteiger partial charge in [-0.05, 0) is 53.5 Å². The first-order chi connectivity index (χ1) is 12.4. The zero-order valence-corrected chi connectivity index (χ0v) is 16.2. The minimum absolute atomic E-state index is 0.172. The first kappa shape index (κ1) is 19.8. The Kier molecular flexibility index (Phi) is 6.62. The number of hydrogen-bond donors (Lipinski definition) is 1. The number of likely N-dealkylation sites (N-methyl/N-ethyl adjacent to an activating group) is 1. The van der Waals surface area contributed by atoms with E-state index < -0.39 is 17.9 Å². The summed E-state index contributed by atoms with van der Waals surface area (Å²) in [5, 5.41) is 2.53. The molecule has 0 radical (unpaired) electrons. The summed E-state index contributed by atoms with van der Waals surface area (Å²) in [7, 11) is 1.46. The number of methoxy groups -OCH3 is 1. The third-order valence-corrected chi connectivity index (χ3v) is 4.07. The third-order valence-electron chi connectivity index (χ3n) is 3.48. The molecule has 140 valence electrons. The van der Waals surface area contributed by atoms with E-state index in [0.29, 0.717) is 21.5 Å². The third kappa shape index (κ3) is 4.34. The minimum Gasteiger partial charge on any atom is -0.493 e. The lowest BCUT2D eigenvalue weighted by atomic mass is 10.1. The van der Waals surface area contributed by atoms with Crippen molar-refractivity contribution in [3.8, 4) is 11.5 Å². The van der Waals surface area contributed by atoms with Gasteiger partial charge in [0.25, 0.3) is 5.91 Å². The monoisotopic (exact) mass is 426 g/mol. The number of carbonyl (C=O) groups is 3. The van der Waals surface area contributed by atoms with Crippen molar-refractivity contribution in [1.82, 2.24) is 10.2 Å². The van der Waals surface area contributed by atoms with Crippen LogP contribution in [-0.2, 0) is 14.3 Å². The maximum atomic E-state index is 12.2. The maximum absolute atomic E-state index is 12.2. The normalized spacial score (nSPS) is 15.2. The molecular formula is C17H19BrN2O6. The number of carbonyl (C=O) groups excluding carboxylic acids is 3. The molecule has 1 heterocycles. The van der Waals surface area contributed by atoms with Crippen molar-refractivity contribution in [1.29, 1.82) is 0 Å². The first-order valence-corrected chi connectivity index (χ1v) is 8.71. The smallest absolute Gasteiger partial charge is 0.344 e. The molecule has 1 N–H and O–H groups in total. The number of rotatable bonds is 7. The molecule has 1 aromatic rings. The molecule has 3 amide bonds. The molecule has 0 saturated carbocycles. The zero-order chi connectivity index (χ0) is 19.3. The van der Waals surface area contributed by atoms with Gasteiger partial charge < -0.3 is 19.5 Å². The SMILES string of the molecule is CCOC(=O)COc1c(Br)cc(/C=C2/NC(=O)N(CC)C2=O)cc1OC. The van der Waals surface area contributed by atoms with Crippen LogP contribution in [0.5, 0.6) is 11.5 Å². The zero-order valence-electron chi connectivity index (χ0n) is 14.6. The van der Waals surface area contributed by atoms with E-state index >= 15 is 0 Å². The van der Waals surface area contributed by atoms with Crippen LogP contribution < -0.4 is 14.8 Å². The Hall–Kier alpha value is -2.55. The van der Waals surface area contributed by atoms with Gasteiger partial charge in [0.15, 0.2) is 18.1 Å². The number of urea groups is 1. The number of halogens is 1. The standard InChI is InChI=1S/C17H19BrN2O6/c1-4-20-16(22)12(19-17(20)23)7-10-6-11(18)15(13(8-10)24-3)26-9-14(21)25-5-2/h6-8H,4-5,9H2,1-3H3,(H,19,23)/b12-7+. The van der Waals surface area contributed by atoms with Crippen LogP contribution in [0.3, 0.4) is 0 Å². The summed E-state index contributed by atoms with van der Waals surface area (Å²) in [5.41, 5.74) is 0.782. The van der Waals surface area contributed by atoms with E-state index in [1.165, 1.54) is 13.2 Å². The van der Waals surface area contributed by atoms with E-state index in [1.807, 2.05) is 0 Å². The van der Waals surface area contributed by atoms with Crippen LogP contribution >= 0.6 is 15.9 Å². The topological polar surface area (TPSA) is 94.2 Å². The summed E-state index contributed by atoms with van der Waals surface area (Å²) < 4.78 is 16.1. The lowest BCUT2D eigenvalue weighted by molar-refractivity contribution is -0.145. The highest BCUT2D eigenvalue weighted by atomic mass is 79.9. The lowest BCUT2D eigenvalue weighted by Crippen LogP contribution is -2.30. The van der Waals surface area contributed by atoms with Gasteiger partial charge in [-0.15, -0.1) is 0 Å². The average molecular weight is 427 g/mol. The fourth-order valence-electron chi connectivity index (χ4n) is 2.32. The van der Waals surface area contributed by atoms with Gasteiger partial charge >= 0.3 is 12.0 Å². The highest BCUT2D eigenvalue weighted by Gasteiger charge is 2.32. The highest BCUT2D eigenvalue weighted by molar-refractivity contribution is 9.10. The lowest BCUT2D eigenvalue weighted by Gasteiger charge is -2.13. The second kappa shape index (κ2) is 8.70. The number of imide groups is 1. The van der Waals surface area contributed by atoms with E-state index in [9.17, 15) is 14.4 Å². The maximum Gasteiger partial charge on any atom is 0.344 e. The second-order valence-electron chi connectivity index (χ2n) is 5.17. The molecule has 0 unspecified atom stereocenters. The number of nitrogens with one attached hydrogen (secondary N) is 1. The van der Waals surface area contributed by atoms with Crippen LogP contribution in [0.2, 0.25) is 0 Å². The minimum atomic E-state index is -0.494. The molecule has 26 heavy (non-hydrogen) atoms. The quantitative estimate of drug-likeness (QED) is 0.408. The van der Waals surface area contributed by atoms with Gasteiger partial charge in [-0.2, -0.15) is 0 Å². The Labute approximate surface area is 159 Å². The van der Waals surface area contributed by atoms with Crippen molar-refractivity contribution in [2.75, 3.05) is 26.9 Å². The summed E-state index contributed by atoms with van der Waals surface area (Å²) >= 11 is 3.36. The van der Waals surface area contributed by atoms with Gasteiger partial charge in [0.1, 0.15) is 5.70 Å². The van der Waals surface area contributed by atoms with E-state index in [0.717, 1.165) is 4.90 Å². The van der Waals surface area contributed by atoms with Crippen LogP contribution in [-0.4, -0.2) is 49.7 Å². The average Bonchev–Trinajstić information content (AvgIpc) is 2.86. The predicted octanol–water partition coefficient (Wildman–Crippen LogP) is 2.31. The Morgan fingerprint density at radius 1 is 1.31 bits per heavy atom. The molecule has 0 spiro atoms. The van der Waals surface area contributed by atoms with Gasteiger partial charge in [-0.3, -0.25) is 9.69 Å². The summed E-state index contributed by atoms with van der Waals surface area (Å²) in [6.07, 6.45) is 1.54. The van der Waals surface area contributed by atoms with Crippen LogP contribution in [0.4, 0.5) is 4.79 Å². The van der Waals surface area contributed by atoms with Crippen LogP contribution in [0.25, 0.3) is 6.08 Å². The van der Waals surface area contributed by atoms with Crippen molar-refractivity contribution in [3.05, 3.63) is 27.9 Å². The number of amides is 3. The Morgan fingerprint density at radius 2 is 2.04 bits per heavy atom. The molecule has 1 aromatic carbocycles. The number of esters is 1. The molecule has 9 heteroatoms. The first-order valence-electron chi connectivity index (χ1n) is 7.91. The van der Waals surface area contributed by atoms with E-state index in [1.54, 1.807) is 26.0 Å². The van der Waals surface area contributed by atoms with Gasteiger partial charge in [0.2, 0.25) is 0 Å². The van der Waals surface area contributed by atoms with Gasteiger partial charge in [-0.25, -0.2) is 9.59 Å². The van der Waals surface area contributed by atoms with Crippen LogP contribution in [0.1, 0.15) is 19.4 Å². The largest absolute Gasteiger partial charge is 0.493 e.